The van der Waals surface area contributed by atoms with Crippen LogP contribution in [0.2, 0.25) is 0 Å². The molecule has 0 bridgehead atoms. The van der Waals surface area contributed by atoms with Crippen molar-refractivity contribution in [3.63, 3.8) is 0 Å². The summed E-state index contributed by atoms with van der Waals surface area (Å²) in [5, 5.41) is 7.36. The fraction of sp³-hybridized carbons (Fsp3) is 0. The molecule has 7 heteroatoms. The Morgan fingerprint density at radius 1 is 0.686 bits per heavy atom. The summed E-state index contributed by atoms with van der Waals surface area (Å²) in [7, 11) is -4.12. The number of rotatable bonds is 6. The number of hydrogen-bond donors (Lipinski definition) is 1. The highest BCUT2D eigenvalue weighted by molar-refractivity contribution is 7.91. The normalized spacial score (nSPS) is 11.2. The third kappa shape index (κ3) is 4.37. The van der Waals surface area contributed by atoms with Crippen molar-refractivity contribution in [1.82, 2.24) is 9.78 Å². The summed E-state index contributed by atoms with van der Waals surface area (Å²) in [5.74, 6) is -0.613. The Hall–Kier alpha value is -4.49. The number of nitrogens with zero attached hydrogens (tertiary/aromatic N) is 2. The van der Waals surface area contributed by atoms with Gasteiger partial charge in [-0.2, -0.15) is 5.10 Å². The molecule has 0 aliphatic carbocycles. The molecule has 0 atom stereocenters. The molecule has 35 heavy (non-hydrogen) atoms. The predicted octanol–water partition coefficient (Wildman–Crippen LogP) is 5.62. The van der Waals surface area contributed by atoms with Gasteiger partial charge in [0.25, 0.3) is 5.91 Å². The summed E-state index contributed by atoms with van der Waals surface area (Å²) < 4.78 is 29.6. The second kappa shape index (κ2) is 9.40. The molecule has 0 spiro atoms. The molecule has 172 valence electrons. The van der Waals surface area contributed by atoms with Crippen LogP contribution in [-0.2, 0) is 9.84 Å². The van der Waals surface area contributed by atoms with Crippen LogP contribution in [0.5, 0.6) is 0 Å². The number of carbonyl (C=O) groups is 1. The summed E-state index contributed by atoms with van der Waals surface area (Å²) in [6.45, 7) is 0. The molecule has 0 aliphatic rings. The van der Waals surface area contributed by atoms with Crippen molar-refractivity contribution in [3.8, 4) is 16.9 Å². The summed E-state index contributed by atoms with van der Waals surface area (Å²) in [6, 6.07) is 35.2. The maximum absolute atomic E-state index is 14.0. The van der Waals surface area contributed by atoms with E-state index in [9.17, 15) is 13.2 Å². The van der Waals surface area contributed by atoms with E-state index in [0.717, 1.165) is 0 Å². The third-order valence-electron chi connectivity index (χ3n) is 5.46. The molecular weight excluding hydrogens is 458 g/mol. The number of para-hydroxylation sites is 2. The Kier molecular flexibility index (Phi) is 5.99. The van der Waals surface area contributed by atoms with Crippen LogP contribution >= 0.6 is 0 Å². The first kappa shape index (κ1) is 22.3. The van der Waals surface area contributed by atoms with Crippen LogP contribution in [-0.4, -0.2) is 24.1 Å². The van der Waals surface area contributed by atoms with E-state index in [1.165, 1.54) is 16.8 Å². The van der Waals surface area contributed by atoms with E-state index in [1.807, 2.05) is 54.6 Å². The van der Waals surface area contributed by atoms with Gasteiger partial charge in [0.1, 0.15) is 4.90 Å². The Morgan fingerprint density at radius 3 is 1.80 bits per heavy atom. The fourth-order valence-electron chi connectivity index (χ4n) is 3.84. The average Bonchev–Trinajstić information content (AvgIpc) is 3.33. The van der Waals surface area contributed by atoms with Crippen LogP contribution in [0.15, 0.2) is 131 Å². The smallest absolute Gasteiger partial charge is 0.277 e. The predicted molar refractivity (Wildman–Crippen MR) is 135 cm³/mol. The Morgan fingerprint density at radius 2 is 1.20 bits per heavy atom. The first-order valence-electron chi connectivity index (χ1n) is 11.0. The first-order chi connectivity index (χ1) is 17.1. The summed E-state index contributed by atoms with van der Waals surface area (Å²) in [6.07, 6.45) is 0. The number of sulfone groups is 1. The van der Waals surface area contributed by atoms with Crippen LogP contribution in [0.4, 0.5) is 5.69 Å². The summed E-state index contributed by atoms with van der Waals surface area (Å²) >= 11 is 0. The van der Waals surface area contributed by atoms with Gasteiger partial charge in [0.15, 0.2) is 5.69 Å². The highest BCUT2D eigenvalue weighted by Crippen LogP contribution is 2.36. The van der Waals surface area contributed by atoms with Crippen LogP contribution in [0.1, 0.15) is 10.5 Å². The molecule has 0 unspecified atom stereocenters. The van der Waals surface area contributed by atoms with Crippen molar-refractivity contribution in [2.45, 2.75) is 9.79 Å². The maximum atomic E-state index is 14.0. The van der Waals surface area contributed by atoms with Crippen molar-refractivity contribution in [2.24, 2.45) is 0 Å². The number of benzene rings is 4. The third-order valence-corrected chi connectivity index (χ3v) is 7.28. The molecule has 1 amide bonds. The summed E-state index contributed by atoms with van der Waals surface area (Å²) in [5.41, 5.74) is 1.93. The van der Waals surface area contributed by atoms with Gasteiger partial charge in [-0.3, -0.25) is 4.79 Å². The standard InChI is InChI=1S/C28H21N3O3S/c32-28(29-22-15-7-2-8-16-22)25-27(35(33,34)24-19-11-4-12-20-24)26(21-13-5-1-6-14-21)31(30-25)23-17-9-3-10-18-23/h1-20H,(H,29,32). The van der Waals surface area contributed by atoms with E-state index < -0.39 is 15.7 Å². The lowest BCUT2D eigenvalue weighted by atomic mass is 10.1. The molecule has 5 rings (SSSR count). The van der Waals surface area contributed by atoms with Gasteiger partial charge in [0, 0.05) is 11.3 Å². The quantitative estimate of drug-likeness (QED) is 0.343. The number of hydrogen-bond acceptors (Lipinski definition) is 4. The molecule has 1 heterocycles. The van der Waals surface area contributed by atoms with Crippen molar-refractivity contribution in [2.75, 3.05) is 5.32 Å². The largest absolute Gasteiger partial charge is 0.321 e. The van der Waals surface area contributed by atoms with E-state index in [0.29, 0.717) is 22.6 Å². The molecule has 5 aromatic rings. The first-order valence-corrected chi connectivity index (χ1v) is 12.4. The van der Waals surface area contributed by atoms with Gasteiger partial charge >= 0.3 is 0 Å². The molecule has 0 fully saturated rings. The van der Waals surface area contributed by atoms with Gasteiger partial charge in [0.2, 0.25) is 9.84 Å². The minimum atomic E-state index is -4.12. The maximum Gasteiger partial charge on any atom is 0.277 e. The van der Waals surface area contributed by atoms with E-state index in [2.05, 4.69) is 10.4 Å². The van der Waals surface area contributed by atoms with E-state index in [1.54, 1.807) is 54.6 Å². The molecule has 0 radical (unpaired) electrons. The molecule has 0 aliphatic heterocycles. The van der Waals surface area contributed by atoms with Gasteiger partial charge in [-0.15, -0.1) is 0 Å². The molecule has 0 saturated heterocycles. The Balaban J connectivity index is 1.81. The van der Waals surface area contributed by atoms with E-state index in [-0.39, 0.29) is 15.5 Å². The molecule has 1 N–H and O–H groups in total. The average molecular weight is 480 g/mol. The lowest BCUT2D eigenvalue weighted by molar-refractivity contribution is 0.101. The number of aromatic nitrogens is 2. The van der Waals surface area contributed by atoms with Crippen LogP contribution in [0.25, 0.3) is 16.9 Å². The van der Waals surface area contributed by atoms with Gasteiger partial charge in [-0.05, 0) is 36.4 Å². The topological polar surface area (TPSA) is 81.1 Å². The number of anilines is 1. The van der Waals surface area contributed by atoms with Gasteiger partial charge in [-0.25, -0.2) is 13.1 Å². The van der Waals surface area contributed by atoms with Crippen molar-refractivity contribution < 1.29 is 13.2 Å². The SMILES string of the molecule is O=C(Nc1ccccc1)c1nn(-c2ccccc2)c(-c2ccccc2)c1S(=O)(=O)c1ccccc1. The van der Waals surface area contributed by atoms with Crippen LogP contribution in [0, 0.1) is 0 Å². The highest BCUT2D eigenvalue weighted by atomic mass is 32.2. The van der Waals surface area contributed by atoms with Gasteiger partial charge in [0.05, 0.1) is 16.3 Å². The number of carbonyl (C=O) groups excluding carboxylic acids is 1. The zero-order valence-electron chi connectivity index (χ0n) is 18.6. The van der Waals surface area contributed by atoms with E-state index in [4.69, 9.17) is 0 Å². The zero-order valence-corrected chi connectivity index (χ0v) is 19.4. The molecule has 4 aromatic carbocycles. The van der Waals surface area contributed by atoms with Crippen LogP contribution < -0.4 is 5.32 Å². The monoisotopic (exact) mass is 479 g/mol. The van der Waals surface area contributed by atoms with Crippen molar-refractivity contribution in [3.05, 3.63) is 127 Å². The highest BCUT2D eigenvalue weighted by Gasteiger charge is 2.34. The molecule has 0 saturated carbocycles. The van der Waals surface area contributed by atoms with Gasteiger partial charge in [-0.1, -0.05) is 84.9 Å². The number of nitrogens with one attached hydrogen (secondary N) is 1. The minimum absolute atomic E-state index is 0.0820. The summed E-state index contributed by atoms with van der Waals surface area (Å²) in [4.78, 5) is 13.4. The minimum Gasteiger partial charge on any atom is -0.321 e. The number of amides is 1. The Labute approximate surface area is 203 Å². The van der Waals surface area contributed by atoms with Gasteiger partial charge < -0.3 is 5.32 Å². The lowest BCUT2D eigenvalue weighted by Gasteiger charge is -2.11. The molecule has 6 nitrogen and oxygen atoms in total. The lowest BCUT2D eigenvalue weighted by Crippen LogP contribution is -2.17. The van der Waals surface area contributed by atoms with Crippen molar-refractivity contribution in [1.29, 1.82) is 0 Å². The second-order valence-corrected chi connectivity index (χ2v) is 9.66. The van der Waals surface area contributed by atoms with Crippen LogP contribution in [0.3, 0.4) is 0 Å². The second-order valence-electron chi connectivity index (χ2n) is 7.78. The zero-order chi connectivity index (χ0) is 24.3. The molecular formula is C28H21N3O3S. The van der Waals surface area contributed by atoms with Crippen molar-refractivity contribution >= 4 is 21.4 Å². The Bertz CT molecular complexity index is 1570. The van der Waals surface area contributed by atoms with E-state index >= 15 is 0 Å². The fourth-order valence-corrected chi connectivity index (χ4v) is 5.44. The molecule has 1 aromatic heterocycles.